The third-order valence-electron chi connectivity index (χ3n) is 3.50. The van der Waals surface area contributed by atoms with E-state index in [1.807, 2.05) is 0 Å². The van der Waals surface area contributed by atoms with Gasteiger partial charge in [-0.1, -0.05) is 0 Å². The molecule has 24 heavy (non-hydrogen) atoms. The molecule has 0 unspecified atom stereocenters. The topological polar surface area (TPSA) is 100 Å². The van der Waals surface area contributed by atoms with Crippen LogP contribution in [0.5, 0.6) is 17.2 Å². The van der Waals surface area contributed by atoms with Crippen LogP contribution in [0.3, 0.4) is 0 Å². The number of rotatable bonds is 4. The predicted molar refractivity (Wildman–Crippen MR) is 88.2 cm³/mol. The van der Waals surface area contributed by atoms with E-state index in [0.29, 0.717) is 33.6 Å². The van der Waals surface area contributed by atoms with Crippen LogP contribution < -0.4 is 4.74 Å². The van der Waals surface area contributed by atoms with Gasteiger partial charge in [-0.3, -0.25) is 0 Å². The molecule has 6 heteroatoms. The number of carbonyl (C=O) groups is 1. The summed E-state index contributed by atoms with van der Waals surface area (Å²) in [7, 11) is 1.45. The summed E-state index contributed by atoms with van der Waals surface area (Å²) in [6.45, 7) is 0. The van der Waals surface area contributed by atoms with Crippen LogP contribution in [0.1, 0.15) is 5.56 Å². The Morgan fingerprint density at radius 1 is 1.12 bits per heavy atom. The van der Waals surface area contributed by atoms with Gasteiger partial charge in [0, 0.05) is 17.0 Å². The van der Waals surface area contributed by atoms with E-state index in [1.54, 1.807) is 24.3 Å². The van der Waals surface area contributed by atoms with Crippen molar-refractivity contribution in [3.05, 3.63) is 48.0 Å². The minimum Gasteiger partial charge on any atom is -0.504 e. The minimum atomic E-state index is -1.07. The number of aliphatic carboxylic acids is 1. The Kier molecular flexibility index (Phi) is 3.87. The first-order chi connectivity index (χ1) is 11.5. The lowest BCUT2D eigenvalue weighted by molar-refractivity contribution is -0.131. The lowest BCUT2D eigenvalue weighted by Crippen LogP contribution is -1.85. The highest BCUT2D eigenvalue weighted by Gasteiger charge is 2.12. The van der Waals surface area contributed by atoms with Crippen LogP contribution in [0.2, 0.25) is 0 Å². The molecule has 0 spiro atoms. The van der Waals surface area contributed by atoms with Gasteiger partial charge in [0.1, 0.15) is 5.76 Å². The van der Waals surface area contributed by atoms with E-state index in [-0.39, 0.29) is 11.5 Å². The third kappa shape index (κ3) is 2.89. The first-order valence-corrected chi connectivity index (χ1v) is 7.03. The summed E-state index contributed by atoms with van der Waals surface area (Å²) in [6, 6.07) is 9.63. The Morgan fingerprint density at radius 3 is 2.62 bits per heavy atom. The average molecular weight is 326 g/mol. The van der Waals surface area contributed by atoms with Gasteiger partial charge in [-0.25, -0.2) is 4.79 Å². The van der Waals surface area contributed by atoms with Crippen LogP contribution in [-0.2, 0) is 4.79 Å². The standard InChI is InChI=1S/C18H14O6/c1-23-16-8-11(3-4-13(16)19)15-9-12-6-10(2-5-17(21)22)7-14(20)18(12)24-15/h2-9,19-20H,1H3,(H,21,22)/b5-2+. The molecule has 0 saturated carbocycles. The number of methoxy groups -OCH3 is 1. The van der Waals surface area contributed by atoms with Crippen LogP contribution in [0.15, 0.2) is 46.9 Å². The van der Waals surface area contributed by atoms with Crippen LogP contribution in [-0.4, -0.2) is 28.4 Å². The largest absolute Gasteiger partial charge is 0.504 e. The fourth-order valence-corrected chi connectivity index (χ4v) is 2.39. The smallest absolute Gasteiger partial charge is 0.328 e. The molecule has 1 heterocycles. The number of phenols is 2. The first kappa shape index (κ1) is 15.5. The number of furan rings is 1. The molecule has 0 aliphatic carbocycles. The van der Waals surface area contributed by atoms with E-state index in [2.05, 4.69) is 0 Å². The third-order valence-corrected chi connectivity index (χ3v) is 3.50. The zero-order valence-electron chi connectivity index (χ0n) is 12.7. The highest BCUT2D eigenvalue weighted by molar-refractivity contribution is 5.91. The summed E-state index contributed by atoms with van der Waals surface area (Å²) in [5, 5.41) is 29.0. The van der Waals surface area contributed by atoms with Crippen molar-refractivity contribution in [2.75, 3.05) is 7.11 Å². The fraction of sp³-hybridized carbons (Fsp3) is 0.0556. The van der Waals surface area contributed by atoms with E-state index < -0.39 is 5.97 Å². The molecular weight excluding hydrogens is 312 g/mol. The maximum Gasteiger partial charge on any atom is 0.328 e. The van der Waals surface area contributed by atoms with Crippen LogP contribution in [0.4, 0.5) is 0 Å². The Bertz CT molecular complexity index is 952. The van der Waals surface area contributed by atoms with Gasteiger partial charge in [0.25, 0.3) is 0 Å². The molecule has 1 aromatic heterocycles. The van der Waals surface area contributed by atoms with Crippen LogP contribution >= 0.6 is 0 Å². The summed E-state index contributed by atoms with van der Waals surface area (Å²) in [6.07, 6.45) is 2.38. The van der Waals surface area contributed by atoms with Crippen molar-refractivity contribution >= 4 is 23.0 Å². The second-order valence-electron chi connectivity index (χ2n) is 5.13. The highest BCUT2D eigenvalue weighted by Crippen LogP contribution is 2.37. The lowest BCUT2D eigenvalue weighted by Gasteiger charge is -2.04. The summed E-state index contributed by atoms with van der Waals surface area (Å²) >= 11 is 0. The number of phenolic OH excluding ortho intramolecular Hbond substituents is 2. The van der Waals surface area contributed by atoms with E-state index in [0.717, 1.165) is 6.08 Å². The van der Waals surface area contributed by atoms with Crippen molar-refractivity contribution in [2.45, 2.75) is 0 Å². The molecule has 3 rings (SSSR count). The monoisotopic (exact) mass is 326 g/mol. The van der Waals surface area contributed by atoms with Gasteiger partial charge in [-0.05, 0) is 48.0 Å². The Hall–Kier alpha value is -3.41. The second-order valence-corrected chi connectivity index (χ2v) is 5.13. The number of hydrogen-bond acceptors (Lipinski definition) is 5. The number of ether oxygens (including phenoxy) is 1. The zero-order chi connectivity index (χ0) is 17.3. The highest BCUT2D eigenvalue weighted by atomic mass is 16.5. The molecule has 0 atom stereocenters. The van der Waals surface area contributed by atoms with Crippen molar-refractivity contribution in [1.82, 2.24) is 0 Å². The number of carboxylic acids is 1. The summed E-state index contributed by atoms with van der Waals surface area (Å²) < 4.78 is 10.7. The van der Waals surface area contributed by atoms with Gasteiger partial charge >= 0.3 is 5.97 Å². The maximum atomic E-state index is 10.6. The van der Waals surface area contributed by atoms with E-state index in [9.17, 15) is 15.0 Å². The molecule has 0 bridgehead atoms. The van der Waals surface area contributed by atoms with Gasteiger partial charge < -0.3 is 24.5 Å². The van der Waals surface area contributed by atoms with Gasteiger partial charge in [-0.15, -0.1) is 0 Å². The fourth-order valence-electron chi connectivity index (χ4n) is 2.39. The minimum absolute atomic E-state index is 0.0151. The van der Waals surface area contributed by atoms with Crippen molar-refractivity contribution in [2.24, 2.45) is 0 Å². The number of aromatic hydroxyl groups is 2. The summed E-state index contributed by atoms with van der Waals surface area (Å²) in [4.78, 5) is 10.6. The Balaban J connectivity index is 2.08. The van der Waals surface area contributed by atoms with Crippen LogP contribution in [0, 0.1) is 0 Å². The van der Waals surface area contributed by atoms with Gasteiger partial charge in [0.05, 0.1) is 7.11 Å². The molecule has 6 nitrogen and oxygen atoms in total. The van der Waals surface area contributed by atoms with Gasteiger partial charge in [0.2, 0.25) is 0 Å². The molecule has 3 N–H and O–H groups in total. The van der Waals surface area contributed by atoms with E-state index in [1.165, 1.54) is 25.3 Å². The number of benzene rings is 2. The summed E-state index contributed by atoms with van der Waals surface area (Å²) in [5.41, 5.74) is 1.51. The normalized spacial score (nSPS) is 11.2. The summed E-state index contributed by atoms with van der Waals surface area (Å²) in [5.74, 6) is -0.352. The second kappa shape index (κ2) is 6.00. The molecule has 122 valence electrons. The van der Waals surface area contributed by atoms with Crippen molar-refractivity contribution in [3.8, 4) is 28.6 Å². The molecule has 0 fully saturated rings. The Morgan fingerprint density at radius 2 is 1.92 bits per heavy atom. The van der Waals surface area contributed by atoms with Crippen molar-refractivity contribution in [1.29, 1.82) is 0 Å². The molecule has 0 amide bonds. The van der Waals surface area contributed by atoms with Crippen LogP contribution in [0.25, 0.3) is 28.4 Å². The number of carboxylic acid groups (broad SMARTS) is 1. The SMILES string of the molecule is COc1cc(-c2cc3cc(/C=C/C(=O)O)cc(O)c3o2)ccc1O. The lowest BCUT2D eigenvalue weighted by atomic mass is 10.1. The molecule has 0 aliphatic heterocycles. The number of hydrogen-bond donors (Lipinski definition) is 3. The molecule has 3 aromatic rings. The van der Waals surface area contributed by atoms with E-state index >= 15 is 0 Å². The predicted octanol–water partition coefficient (Wildman–Crippen LogP) is 3.62. The van der Waals surface area contributed by atoms with Gasteiger partial charge in [-0.2, -0.15) is 0 Å². The van der Waals surface area contributed by atoms with Gasteiger partial charge in [0.15, 0.2) is 22.8 Å². The molecule has 0 saturated heterocycles. The number of fused-ring (bicyclic) bond motifs is 1. The first-order valence-electron chi connectivity index (χ1n) is 7.03. The molecule has 2 aromatic carbocycles. The zero-order valence-corrected chi connectivity index (χ0v) is 12.7. The molecule has 0 radical (unpaired) electrons. The quantitative estimate of drug-likeness (QED) is 0.633. The maximum absolute atomic E-state index is 10.6. The molecular formula is C18H14O6. The average Bonchev–Trinajstić information content (AvgIpc) is 2.98. The Labute approximate surface area is 136 Å². The van der Waals surface area contributed by atoms with E-state index in [4.69, 9.17) is 14.3 Å². The van der Waals surface area contributed by atoms with Crippen molar-refractivity contribution < 1.29 is 29.3 Å². The molecule has 0 aliphatic rings. The van der Waals surface area contributed by atoms with Crippen molar-refractivity contribution in [3.63, 3.8) is 0 Å².